The highest BCUT2D eigenvalue weighted by Crippen LogP contribution is 2.35. The van der Waals surface area contributed by atoms with Gasteiger partial charge in [-0.15, -0.1) is 0 Å². The van der Waals surface area contributed by atoms with Crippen LogP contribution in [-0.4, -0.2) is 33.6 Å². The van der Waals surface area contributed by atoms with Crippen LogP contribution in [0.2, 0.25) is 0 Å². The van der Waals surface area contributed by atoms with Crippen LogP contribution in [0.3, 0.4) is 0 Å². The Morgan fingerprint density at radius 3 is 1.43 bits per heavy atom. The summed E-state index contributed by atoms with van der Waals surface area (Å²) in [5.74, 6) is -0.683. The molecule has 0 aliphatic heterocycles. The zero-order valence-electron chi connectivity index (χ0n) is 12.1. The molecule has 2 aromatic rings. The second-order valence-corrected chi connectivity index (χ2v) is 6.71. The molecule has 23 heavy (non-hydrogen) atoms. The lowest BCUT2D eigenvalue weighted by Crippen LogP contribution is -2.03. The summed E-state index contributed by atoms with van der Waals surface area (Å²) in [6, 6.07) is 6.46. The summed E-state index contributed by atoms with van der Waals surface area (Å²) in [5, 5.41) is 38.0. The van der Waals surface area contributed by atoms with Crippen LogP contribution in [0.4, 0.5) is 0 Å². The molecule has 124 valence electrons. The van der Waals surface area contributed by atoms with E-state index in [0.717, 1.165) is 11.1 Å². The fourth-order valence-electron chi connectivity index (χ4n) is 2.05. The van der Waals surface area contributed by atoms with E-state index in [-0.39, 0.29) is 23.0 Å². The third kappa shape index (κ3) is 4.76. The van der Waals surface area contributed by atoms with E-state index in [1.807, 2.05) is 0 Å². The molecule has 0 aliphatic rings. The lowest BCUT2D eigenvalue weighted by molar-refractivity contribution is 0.140. The smallest absolute Gasteiger partial charge is 0.171 e. The lowest BCUT2D eigenvalue weighted by Gasteiger charge is -2.08. The van der Waals surface area contributed by atoms with Crippen molar-refractivity contribution in [1.82, 2.24) is 0 Å². The molecule has 0 unspecified atom stereocenters. The normalized spacial score (nSPS) is 10.9. The van der Waals surface area contributed by atoms with Gasteiger partial charge in [-0.05, 0) is 80.1 Å². The van der Waals surface area contributed by atoms with E-state index in [9.17, 15) is 20.4 Å². The molecule has 0 amide bonds. The molecule has 4 N–H and O–H groups in total. The van der Waals surface area contributed by atoms with Gasteiger partial charge in [-0.2, -0.15) is 0 Å². The first-order valence-electron chi connectivity index (χ1n) is 6.87. The second kappa shape index (κ2) is 7.90. The predicted molar refractivity (Wildman–Crippen MR) is 93.2 cm³/mol. The molecule has 0 aliphatic carbocycles. The van der Waals surface area contributed by atoms with Crippen LogP contribution in [0.1, 0.15) is 11.1 Å². The van der Waals surface area contributed by atoms with Crippen LogP contribution >= 0.6 is 31.9 Å². The molecule has 0 aromatic heterocycles. The average Bonchev–Trinajstić information content (AvgIpc) is 2.49. The number of rotatable bonds is 6. The molecule has 0 bridgehead atoms. The lowest BCUT2D eigenvalue weighted by atomic mass is 10.1. The maximum atomic E-state index is 9.54. The molecule has 7 heteroatoms. The van der Waals surface area contributed by atoms with Crippen molar-refractivity contribution in [2.45, 2.75) is 12.8 Å². The molecule has 2 rings (SSSR count). The predicted octanol–water partition coefficient (Wildman–Crippen LogP) is 3.84. The second-order valence-electron chi connectivity index (χ2n) is 5.00. The van der Waals surface area contributed by atoms with Crippen LogP contribution in [0.15, 0.2) is 33.2 Å². The fourth-order valence-corrected chi connectivity index (χ4v) is 3.04. The Labute approximate surface area is 150 Å². The minimum absolute atomic E-state index is 0.168. The van der Waals surface area contributed by atoms with Gasteiger partial charge in [0.25, 0.3) is 0 Å². The minimum Gasteiger partial charge on any atom is -0.504 e. The van der Waals surface area contributed by atoms with Crippen LogP contribution in [0.25, 0.3) is 0 Å². The van der Waals surface area contributed by atoms with Gasteiger partial charge >= 0.3 is 0 Å². The number of aromatic hydroxyl groups is 4. The first kappa shape index (κ1) is 17.9. The quantitative estimate of drug-likeness (QED) is 0.399. The zero-order chi connectivity index (χ0) is 17.0. The molecule has 0 spiro atoms. The monoisotopic (exact) mass is 446 g/mol. The number of hydrogen-bond donors (Lipinski definition) is 4. The maximum absolute atomic E-state index is 9.54. The molecule has 0 saturated heterocycles. The summed E-state index contributed by atoms with van der Waals surface area (Å²) >= 11 is 6.34. The van der Waals surface area contributed by atoms with Crippen LogP contribution in [0.5, 0.6) is 23.0 Å². The van der Waals surface area contributed by atoms with E-state index >= 15 is 0 Å². The first-order valence-corrected chi connectivity index (χ1v) is 8.45. The van der Waals surface area contributed by atoms with Gasteiger partial charge < -0.3 is 25.2 Å². The molecular weight excluding hydrogens is 432 g/mol. The van der Waals surface area contributed by atoms with Crippen molar-refractivity contribution in [2.75, 3.05) is 13.2 Å². The van der Waals surface area contributed by atoms with Crippen molar-refractivity contribution in [3.63, 3.8) is 0 Å². The molecular formula is C16H16Br2O5. The van der Waals surface area contributed by atoms with Crippen LogP contribution in [0, 0.1) is 0 Å². The Morgan fingerprint density at radius 1 is 0.696 bits per heavy atom. The molecule has 0 fully saturated rings. The fraction of sp³-hybridized carbons (Fsp3) is 0.250. The van der Waals surface area contributed by atoms with Gasteiger partial charge in [-0.3, -0.25) is 0 Å². The van der Waals surface area contributed by atoms with E-state index < -0.39 is 0 Å². The van der Waals surface area contributed by atoms with Crippen molar-refractivity contribution in [1.29, 1.82) is 0 Å². The highest BCUT2D eigenvalue weighted by atomic mass is 79.9. The summed E-state index contributed by atoms with van der Waals surface area (Å²) in [5.41, 5.74) is 1.69. The van der Waals surface area contributed by atoms with Gasteiger partial charge in [0.1, 0.15) is 0 Å². The van der Waals surface area contributed by atoms with Gasteiger partial charge in [0.05, 0.1) is 22.2 Å². The molecule has 0 saturated carbocycles. The standard InChI is InChI=1S/C16H16Br2O5/c17-11-5-9(7-13(19)15(11)21)1-3-23-4-2-10-6-12(18)16(22)14(20)8-10/h5-8,19-22H,1-4H2. The topological polar surface area (TPSA) is 90.2 Å². The average molecular weight is 448 g/mol. The minimum atomic E-state index is -0.174. The summed E-state index contributed by atoms with van der Waals surface area (Å²) in [7, 11) is 0. The first-order chi connectivity index (χ1) is 10.9. The number of benzene rings is 2. The highest BCUT2D eigenvalue weighted by molar-refractivity contribution is 9.10. The van der Waals surface area contributed by atoms with Crippen molar-refractivity contribution in [2.24, 2.45) is 0 Å². The van der Waals surface area contributed by atoms with Crippen molar-refractivity contribution in [3.8, 4) is 23.0 Å². The number of halogens is 2. The number of phenolic OH excluding ortho intramolecular Hbond substituents is 4. The van der Waals surface area contributed by atoms with Crippen molar-refractivity contribution in [3.05, 3.63) is 44.3 Å². The van der Waals surface area contributed by atoms with Crippen molar-refractivity contribution >= 4 is 31.9 Å². The Morgan fingerprint density at radius 2 is 1.09 bits per heavy atom. The van der Waals surface area contributed by atoms with E-state index in [2.05, 4.69) is 31.9 Å². The Kier molecular flexibility index (Phi) is 6.15. The summed E-state index contributed by atoms with van der Waals surface area (Å²) in [6.07, 6.45) is 1.19. The Balaban J connectivity index is 1.80. The van der Waals surface area contributed by atoms with E-state index in [4.69, 9.17) is 4.74 Å². The SMILES string of the molecule is Oc1cc(CCOCCc2cc(O)c(O)c(Br)c2)cc(Br)c1O. The zero-order valence-corrected chi connectivity index (χ0v) is 15.3. The van der Waals surface area contributed by atoms with E-state index in [1.165, 1.54) is 12.1 Å². The van der Waals surface area contributed by atoms with Crippen LogP contribution in [-0.2, 0) is 17.6 Å². The van der Waals surface area contributed by atoms with Gasteiger partial charge in [-0.25, -0.2) is 0 Å². The van der Waals surface area contributed by atoms with E-state index in [1.54, 1.807) is 12.1 Å². The number of hydrogen-bond acceptors (Lipinski definition) is 5. The molecule has 5 nitrogen and oxygen atoms in total. The van der Waals surface area contributed by atoms with Crippen LogP contribution < -0.4 is 0 Å². The molecule has 0 radical (unpaired) electrons. The third-order valence-corrected chi connectivity index (χ3v) is 4.49. The number of phenols is 4. The summed E-state index contributed by atoms with van der Waals surface area (Å²) < 4.78 is 6.43. The molecule has 2 aromatic carbocycles. The third-order valence-electron chi connectivity index (χ3n) is 3.28. The highest BCUT2D eigenvalue weighted by Gasteiger charge is 2.08. The van der Waals surface area contributed by atoms with Gasteiger partial charge in [0.2, 0.25) is 0 Å². The maximum Gasteiger partial charge on any atom is 0.171 e. The largest absolute Gasteiger partial charge is 0.504 e. The van der Waals surface area contributed by atoms with Gasteiger partial charge in [-0.1, -0.05) is 0 Å². The van der Waals surface area contributed by atoms with Gasteiger partial charge in [0.15, 0.2) is 23.0 Å². The Hall–Kier alpha value is -1.44. The molecule has 0 atom stereocenters. The molecule has 0 heterocycles. The summed E-state index contributed by atoms with van der Waals surface area (Å²) in [6.45, 7) is 0.920. The number of ether oxygens (including phenoxy) is 1. The van der Waals surface area contributed by atoms with E-state index in [0.29, 0.717) is 35.0 Å². The summed E-state index contributed by atoms with van der Waals surface area (Å²) in [4.78, 5) is 0. The van der Waals surface area contributed by atoms with Gasteiger partial charge in [0, 0.05) is 0 Å². The van der Waals surface area contributed by atoms with Crippen molar-refractivity contribution < 1.29 is 25.2 Å². The Bertz CT molecular complexity index is 597.